The molecular formula is C27H27N5OS2. The second-order valence-electron chi connectivity index (χ2n) is 8.36. The lowest BCUT2D eigenvalue weighted by Gasteiger charge is -2.15. The largest absolute Gasteiger partial charge is 0.306 e. The quantitative estimate of drug-likeness (QED) is 0.297. The van der Waals surface area contributed by atoms with E-state index in [-0.39, 0.29) is 5.91 Å². The number of amides is 1. The van der Waals surface area contributed by atoms with Crippen molar-refractivity contribution in [2.24, 2.45) is 0 Å². The van der Waals surface area contributed by atoms with E-state index in [1.807, 2.05) is 34.6 Å². The molecule has 1 aromatic carbocycles. The molecule has 0 bridgehead atoms. The number of aryl methyl sites for hydroxylation is 1. The fourth-order valence-electron chi connectivity index (χ4n) is 4.22. The van der Waals surface area contributed by atoms with Crippen LogP contribution in [0.5, 0.6) is 0 Å². The molecule has 6 nitrogen and oxygen atoms in total. The first-order chi connectivity index (χ1) is 17.1. The highest BCUT2D eigenvalue weighted by molar-refractivity contribution is 7.99. The number of anilines is 1. The van der Waals surface area contributed by atoms with Gasteiger partial charge in [-0.15, -0.1) is 11.3 Å². The number of hydrogen-bond acceptors (Lipinski definition) is 5. The highest BCUT2D eigenvalue weighted by Crippen LogP contribution is 2.34. The third-order valence-corrected chi connectivity index (χ3v) is 8.07. The fraction of sp³-hybridized carbons (Fsp3) is 0.222. The van der Waals surface area contributed by atoms with E-state index < -0.39 is 0 Å². The average molecular weight is 502 g/mol. The lowest BCUT2D eigenvalue weighted by molar-refractivity contribution is 0.102. The first-order valence-electron chi connectivity index (χ1n) is 11.6. The van der Waals surface area contributed by atoms with Crippen molar-refractivity contribution < 1.29 is 4.79 Å². The third kappa shape index (κ3) is 5.18. The molecule has 3 aromatic heterocycles. The van der Waals surface area contributed by atoms with E-state index in [1.54, 1.807) is 23.6 Å². The zero-order chi connectivity index (χ0) is 24.2. The number of thiophene rings is 1. The number of hydrogen-bond donors (Lipinski definition) is 2. The molecule has 5 rings (SSSR count). The van der Waals surface area contributed by atoms with Gasteiger partial charge in [0, 0.05) is 22.6 Å². The molecule has 1 aliphatic rings. The van der Waals surface area contributed by atoms with Crippen LogP contribution in [0.3, 0.4) is 0 Å². The van der Waals surface area contributed by atoms with Crippen molar-refractivity contribution in [1.82, 2.24) is 20.0 Å². The summed E-state index contributed by atoms with van der Waals surface area (Å²) in [4.78, 5) is 15.4. The summed E-state index contributed by atoms with van der Waals surface area (Å²) in [7, 11) is 0. The van der Waals surface area contributed by atoms with Crippen LogP contribution < -0.4 is 5.32 Å². The zero-order valence-electron chi connectivity index (χ0n) is 19.7. The van der Waals surface area contributed by atoms with Crippen molar-refractivity contribution in [1.29, 1.82) is 0 Å². The molecule has 0 saturated carbocycles. The van der Waals surface area contributed by atoms with E-state index in [4.69, 9.17) is 5.10 Å². The number of thioether (sulfide) groups is 1. The molecule has 1 atom stereocenters. The standard InChI is InChI=1S/C27H27N5OS2/c1-3-19-8-4-5-10-23(19)32-24(17-22(31-32)27(33)29-26-13-14-28-30-26)25-12-11-21(35-25)16-18-7-6-9-20(15-18)34-2/h4-14,17,20H,3,15-16H2,1-2H3,(H2,28,29,30,33). The Morgan fingerprint density at radius 3 is 2.94 bits per heavy atom. The van der Waals surface area contributed by atoms with Gasteiger partial charge in [0.2, 0.25) is 0 Å². The SMILES string of the molecule is CCc1ccccc1-n1nc(C(=O)Nc2ccn[nH]2)cc1-c1ccc(CC2=CC=CC(SC)C2)s1. The molecule has 1 aliphatic carbocycles. The van der Waals surface area contributed by atoms with Gasteiger partial charge in [-0.05, 0) is 48.9 Å². The number of aromatic amines is 1. The van der Waals surface area contributed by atoms with Gasteiger partial charge in [-0.25, -0.2) is 4.68 Å². The van der Waals surface area contributed by atoms with Gasteiger partial charge < -0.3 is 5.32 Å². The third-order valence-electron chi connectivity index (χ3n) is 6.03. The van der Waals surface area contributed by atoms with Crippen molar-refractivity contribution in [2.45, 2.75) is 31.4 Å². The summed E-state index contributed by atoms with van der Waals surface area (Å²) in [5.74, 6) is 0.263. The van der Waals surface area contributed by atoms with E-state index in [1.165, 1.54) is 16.0 Å². The Labute approximate surface area is 213 Å². The van der Waals surface area contributed by atoms with Crippen molar-refractivity contribution in [3.8, 4) is 16.3 Å². The van der Waals surface area contributed by atoms with Crippen molar-refractivity contribution in [3.05, 3.63) is 94.7 Å². The van der Waals surface area contributed by atoms with Crippen LogP contribution in [0.2, 0.25) is 0 Å². The number of carbonyl (C=O) groups excluding carboxylic acids is 1. The Hall–Kier alpha value is -3.36. The van der Waals surface area contributed by atoms with Crippen LogP contribution >= 0.6 is 23.1 Å². The number of aromatic nitrogens is 4. The minimum Gasteiger partial charge on any atom is -0.306 e. The molecule has 1 amide bonds. The van der Waals surface area contributed by atoms with Gasteiger partial charge in [-0.1, -0.05) is 48.9 Å². The van der Waals surface area contributed by atoms with Crippen molar-refractivity contribution in [2.75, 3.05) is 11.6 Å². The Balaban J connectivity index is 1.49. The molecule has 3 heterocycles. The fourth-order valence-corrected chi connectivity index (χ4v) is 5.91. The topological polar surface area (TPSA) is 75.6 Å². The highest BCUT2D eigenvalue weighted by atomic mass is 32.2. The number of allylic oxidation sites excluding steroid dienone is 3. The number of para-hydroxylation sites is 1. The summed E-state index contributed by atoms with van der Waals surface area (Å²) in [5, 5.41) is 14.8. The summed E-state index contributed by atoms with van der Waals surface area (Å²) in [6.07, 6.45) is 13.4. The van der Waals surface area contributed by atoms with Crippen LogP contribution in [-0.4, -0.2) is 37.4 Å². The maximum Gasteiger partial charge on any atom is 0.277 e. The summed E-state index contributed by atoms with van der Waals surface area (Å²) < 4.78 is 1.91. The van der Waals surface area contributed by atoms with Crippen LogP contribution in [0.15, 0.2) is 78.5 Å². The predicted molar refractivity (Wildman–Crippen MR) is 146 cm³/mol. The Bertz CT molecular complexity index is 1380. The van der Waals surface area contributed by atoms with E-state index in [0.29, 0.717) is 16.8 Å². The summed E-state index contributed by atoms with van der Waals surface area (Å²) in [6.45, 7) is 2.13. The monoisotopic (exact) mass is 501 g/mol. The molecule has 4 aromatic rings. The lowest BCUT2D eigenvalue weighted by atomic mass is 10.0. The second kappa shape index (κ2) is 10.5. The molecule has 35 heavy (non-hydrogen) atoms. The molecule has 0 fully saturated rings. The summed E-state index contributed by atoms with van der Waals surface area (Å²) in [5.41, 5.74) is 4.89. The minimum atomic E-state index is -0.276. The molecule has 0 radical (unpaired) electrons. The van der Waals surface area contributed by atoms with E-state index in [2.05, 4.69) is 71.2 Å². The van der Waals surface area contributed by atoms with Crippen LogP contribution in [0, 0.1) is 0 Å². The van der Waals surface area contributed by atoms with Gasteiger partial charge in [0.05, 0.1) is 22.5 Å². The zero-order valence-corrected chi connectivity index (χ0v) is 21.3. The van der Waals surface area contributed by atoms with Crippen molar-refractivity contribution >= 4 is 34.8 Å². The van der Waals surface area contributed by atoms with E-state index >= 15 is 0 Å². The van der Waals surface area contributed by atoms with Crippen LogP contribution in [0.4, 0.5) is 5.82 Å². The number of H-pyrrole nitrogens is 1. The van der Waals surface area contributed by atoms with Crippen molar-refractivity contribution in [3.63, 3.8) is 0 Å². The van der Waals surface area contributed by atoms with Gasteiger partial charge in [0.15, 0.2) is 5.69 Å². The van der Waals surface area contributed by atoms with Crippen LogP contribution in [0.25, 0.3) is 16.3 Å². The summed E-state index contributed by atoms with van der Waals surface area (Å²) in [6, 6.07) is 16.1. The molecule has 0 aliphatic heterocycles. The maximum atomic E-state index is 13.0. The Morgan fingerprint density at radius 1 is 1.26 bits per heavy atom. The average Bonchev–Trinajstić information content (AvgIpc) is 3.65. The Morgan fingerprint density at radius 2 is 2.14 bits per heavy atom. The minimum absolute atomic E-state index is 0.276. The van der Waals surface area contributed by atoms with Gasteiger partial charge in [0.25, 0.3) is 5.91 Å². The number of benzene rings is 1. The van der Waals surface area contributed by atoms with Gasteiger partial charge in [-0.2, -0.15) is 22.0 Å². The molecule has 0 spiro atoms. The Kier molecular flexibility index (Phi) is 7.01. The first kappa shape index (κ1) is 23.4. The number of nitrogens with one attached hydrogen (secondary N) is 2. The number of nitrogens with zero attached hydrogens (tertiary/aromatic N) is 3. The second-order valence-corrected chi connectivity index (χ2v) is 10.6. The predicted octanol–water partition coefficient (Wildman–Crippen LogP) is 6.30. The maximum absolute atomic E-state index is 13.0. The summed E-state index contributed by atoms with van der Waals surface area (Å²) >= 11 is 3.65. The molecule has 8 heteroatoms. The van der Waals surface area contributed by atoms with Crippen LogP contribution in [0.1, 0.15) is 34.3 Å². The highest BCUT2D eigenvalue weighted by Gasteiger charge is 2.20. The normalized spacial score (nSPS) is 15.3. The molecule has 0 saturated heterocycles. The molecule has 2 N–H and O–H groups in total. The molecule has 1 unspecified atom stereocenters. The van der Waals surface area contributed by atoms with Crippen LogP contribution in [-0.2, 0) is 12.8 Å². The van der Waals surface area contributed by atoms with Gasteiger partial charge >= 0.3 is 0 Å². The molecule has 178 valence electrons. The lowest BCUT2D eigenvalue weighted by Crippen LogP contribution is -2.13. The molecular weight excluding hydrogens is 474 g/mol. The van der Waals surface area contributed by atoms with E-state index in [0.717, 1.165) is 35.5 Å². The first-order valence-corrected chi connectivity index (χ1v) is 13.7. The van der Waals surface area contributed by atoms with Gasteiger partial charge in [-0.3, -0.25) is 9.89 Å². The number of carbonyl (C=O) groups is 1. The smallest absolute Gasteiger partial charge is 0.277 e. The number of rotatable bonds is 8. The van der Waals surface area contributed by atoms with E-state index in [9.17, 15) is 4.79 Å². The van der Waals surface area contributed by atoms with Gasteiger partial charge in [0.1, 0.15) is 5.82 Å².